The highest BCUT2D eigenvalue weighted by Gasteiger charge is 2.33. The molecule has 58 heavy (non-hydrogen) atoms. The fourth-order valence-corrected chi connectivity index (χ4v) is 8.43. The minimum Gasteiger partial charge on any atom is -0.492 e. The Hall–Kier alpha value is -5.95. The van der Waals surface area contributed by atoms with Crippen LogP contribution >= 0.6 is 0 Å². The van der Waals surface area contributed by atoms with Crippen LogP contribution in [0.15, 0.2) is 91.0 Å². The van der Waals surface area contributed by atoms with E-state index in [1.165, 1.54) is 34.9 Å². The first-order valence-electron chi connectivity index (χ1n) is 19.8. The topological polar surface area (TPSA) is 136 Å². The summed E-state index contributed by atoms with van der Waals surface area (Å²) in [6.07, 6.45) is 3.70. The number of aliphatic hydroxyl groups excluding tert-OH is 1. The number of amides is 1. The van der Waals surface area contributed by atoms with Crippen molar-refractivity contribution in [2.75, 3.05) is 47.4 Å². The Labute approximate surface area is 338 Å². The Morgan fingerprint density at radius 3 is 2.40 bits per heavy atom. The Morgan fingerprint density at radius 2 is 1.62 bits per heavy atom. The van der Waals surface area contributed by atoms with Gasteiger partial charge in [0.25, 0.3) is 11.6 Å². The van der Waals surface area contributed by atoms with Crippen molar-refractivity contribution in [3.05, 3.63) is 146 Å². The maximum absolute atomic E-state index is 12.7. The van der Waals surface area contributed by atoms with Crippen LogP contribution in [0.3, 0.4) is 0 Å². The highest BCUT2D eigenvalue weighted by Crippen LogP contribution is 2.48. The van der Waals surface area contributed by atoms with Gasteiger partial charge in [-0.3, -0.25) is 24.7 Å². The van der Waals surface area contributed by atoms with Crippen LogP contribution in [-0.4, -0.2) is 73.2 Å². The van der Waals surface area contributed by atoms with Crippen molar-refractivity contribution in [1.29, 1.82) is 0 Å². The van der Waals surface area contributed by atoms with E-state index in [0.717, 1.165) is 54.8 Å². The van der Waals surface area contributed by atoms with E-state index in [4.69, 9.17) is 18.9 Å². The molecule has 2 N–H and O–H groups in total. The average molecular weight is 785 g/mol. The van der Waals surface area contributed by atoms with Gasteiger partial charge in [0.2, 0.25) is 0 Å². The normalized spacial score (nSPS) is 17.5. The number of aliphatic hydroxyl groups is 1. The number of carbonyl (C=O) groups is 1. The van der Waals surface area contributed by atoms with E-state index in [1.807, 2.05) is 24.3 Å². The molecule has 4 aliphatic rings. The zero-order chi connectivity index (χ0) is 40.3. The van der Waals surface area contributed by atoms with Crippen molar-refractivity contribution in [3.63, 3.8) is 0 Å². The zero-order valence-corrected chi connectivity index (χ0v) is 33.0. The second kappa shape index (κ2) is 16.9. The summed E-state index contributed by atoms with van der Waals surface area (Å²) in [5.74, 6) is 3.34. The lowest BCUT2D eigenvalue weighted by molar-refractivity contribution is -0.384. The van der Waals surface area contributed by atoms with Crippen LogP contribution in [0.5, 0.6) is 34.5 Å². The van der Waals surface area contributed by atoms with Gasteiger partial charge in [-0.1, -0.05) is 30.3 Å². The number of nitro benzene ring substituents is 1. The summed E-state index contributed by atoms with van der Waals surface area (Å²) in [5, 5.41) is 24.5. The summed E-state index contributed by atoms with van der Waals surface area (Å²) in [4.78, 5) is 28.1. The van der Waals surface area contributed by atoms with Crippen LogP contribution in [0, 0.1) is 10.1 Å². The number of ether oxygens (including phenoxy) is 4. The van der Waals surface area contributed by atoms with Gasteiger partial charge in [0.1, 0.15) is 11.5 Å². The molecule has 4 heterocycles. The molecule has 5 aromatic rings. The summed E-state index contributed by atoms with van der Waals surface area (Å²) < 4.78 is 25.9. The molecule has 9 rings (SSSR count). The Morgan fingerprint density at radius 1 is 0.879 bits per heavy atom. The number of hydrogen-bond donors (Lipinski definition) is 2. The Kier molecular flexibility index (Phi) is 11.3. The van der Waals surface area contributed by atoms with Crippen LogP contribution < -0.4 is 24.3 Å². The lowest BCUT2D eigenvalue weighted by Crippen LogP contribution is -2.34. The smallest absolute Gasteiger partial charge is 0.270 e. The number of non-ortho nitro benzene ring substituents is 1. The molecular weight excluding hydrogens is 737 g/mol. The molecule has 5 aromatic carbocycles. The van der Waals surface area contributed by atoms with Crippen molar-refractivity contribution in [2.45, 2.75) is 50.8 Å². The van der Waals surface area contributed by atoms with Crippen molar-refractivity contribution in [1.82, 2.24) is 15.1 Å². The van der Waals surface area contributed by atoms with Crippen molar-refractivity contribution in [2.24, 2.45) is 0 Å². The monoisotopic (exact) mass is 784 g/mol. The molecule has 12 nitrogen and oxygen atoms in total. The predicted octanol–water partition coefficient (Wildman–Crippen LogP) is 7.74. The number of methoxy groups -OCH3 is 1. The highest BCUT2D eigenvalue weighted by atomic mass is 16.6. The fourth-order valence-electron chi connectivity index (χ4n) is 8.43. The number of rotatable bonds is 9. The lowest BCUT2D eigenvalue weighted by Gasteiger charge is -2.37. The van der Waals surface area contributed by atoms with Gasteiger partial charge in [-0.2, -0.15) is 0 Å². The van der Waals surface area contributed by atoms with Gasteiger partial charge in [0, 0.05) is 60.5 Å². The van der Waals surface area contributed by atoms with Crippen LogP contribution in [-0.2, 0) is 32.3 Å². The number of hydrogen-bond acceptors (Lipinski definition) is 10. The molecule has 300 valence electrons. The summed E-state index contributed by atoms with van der Waals surface area (Å²) in [6.45, 7) is 2.23. The van der Waals surface area contributed by atoms with E-state index in [0.29, 0.717) is 60.3 Å². The number of carbonyl (C=O) groups excluding carboxylic acids is 1. The zero-order valence-electron chi connectivity index (χ0n) is 33.0. The van der Waals surface area contributed by atoms with Gasteiger partial charge in [-0.25, -0.2) is 0 Å². The van der Waals surface area contributed by atoms with E-state index in [-0.39, 0.29) is 35.8 Å². The van der Waals surface area contributed by atoms with E-state index in [1.54, 1.807) is 13.2 Å². The first kappa shape index (κ1) is 38.9. The summed E-state index contributed by atoms with van der Waals surface area (Å²) in [5.41, 5.74) is 7.73. The first-order chi connectivity index (χ1) is 28.2. The molecule has 2 atom stereocenters. The van der Waals surface area contributed by atoms with E-state index < -0.39 is 4.92 Å². The maximum Gasteiger partial charge on any atom is 0.270 e. The molecular formula is C46H48N4O8. The maximum atomic E-state index is 12.7. The van der Waals surface area contributed by atoms with Gasteiger partial charge >= 0.3 is 0 Å². The van der Waals surface area contributed by atoms with Crippen LogP contribution in [0.25, 0.3) is 0 Å². The molecule has 0 aliphatic carbocycles. The van der Waals surface area contributed by atoms with Crippen LogP contribution in [0.4, 0.5) is 5.69 Å². The third-order valence-corrected chi connectivity index (χ3v) is 11.6. The average Bonchev–Trinajstić information content (AvgIpc) is 3.23. The Bertz CT molecular complexity index is 2330. The standard InChI is InChI=1S/C46H48N4O8/c1-48-19-16-31-11-14-37-27-38(31)39(48)22-29-8-12-36(13-9-29)57-42-24-30(23-40-43-32(17-20-49(40)2)25-34(28-51)44(55-3)45(43)58-37)10-15-41(42)56-21-5-18-47-46(52)33-6-4-7-35(26-33)50(53)54/h4,6-15,24-27,39-40,51H,5,16-23,28H2,1-3H3,(H,47,52). The molecule has 6 bridgehead atoms. The molecule has 0 saturated carbocycles. The van der Waals surface area contributed by atoms with Crippen LogP contribution in [0.1, 0.15) is 67.8 Å². The first-order valence-corrected chi connectivity index (χ1v) is 19.8. The molecule has 0 aromatic heterocycles. The molecule has 0 saturated heterocycles. The highest BCUT2D eigenvalue weighted by molar-refractivity contribution is 5.94. The van der Waals surface area contributed by atoms with Crippen molar-refractivity contribution in [3.8, 4) is 34.5 Å². The van der Waals surface area contributed by atoms with Gasteiger partial charge in [0.15, 0.2) is 23.0 Å². The molecule has 1 amide bonds. The molecule has 12 heteroatoms. The lowest BCUT2D eigenvalue weighted by atomic mass is 9.86. The fraction of sp³-hybridized carbons (Fsp3) is 0.326. The molecule has 2 unspecified atom stereocenters. The minimum atomic E-state index is -0.520. The second-order valence-electron chi connectivity index (χ2n) is 15.3. The molecule has 0 radical (unpaired) electrons. The quantitative estimate of drug-likeness (QED) is 0.0869. The minimum absolute atomic E-state index is 0.0793. The summed E-state index contributed by atoms with van der Waals surface area (Å²) >= 11 is 0. The van der Waals surface area contributed by atoms with E-state index in [2.05, 4.69) is 71.7 Å². The predicted molar refractivity (Wildman–Crippen MR) is 219 cm³/mol. The van der Waals surface area contributed by atoms with Gasteiger partial charge in [-0.05, 0) is 123 Å². The van der Waals surface area contributed by atoms with Gasteiger partial charge in [-0.15, -0.1) is 0 Å². The third kappa shape index (κ3) is 8.08. The number of nitrogens with zero attached hydrogens (tertiary/aromatic N) is 3. The largest absolute Gasteiger partial charge is 0.492 e. The van der Waals surface area contributed by atoms with Crippen molar-refractivity contribution >= 4 is 11.6 Å². The molecule has 0 spiro atoms. The second-order valence-corrected chi connectivity index (χ2v) is 15.3. The van der Waals surface area contributed by atoms with E-state index >= 15 is 0 Å². The van der Waals surface area contributed by atoms with Gasteiger partial charge in [0.05, 0.1) is 25.2 Å². The molecule has 4 aliphatic heterocycles. The molecule has 0 fully saturated rings. The number of nitro groups is 1. The number of likely N-dealkylation sites (N-methyl/N-ethyl adjacent to an activating group) is 2. The van der Waals surface area contributed by atoms with E-state index in [9.17, 15) is 20.0 Å². The van der Waals surface area contributed by atoms with Gasteiger partial charge < -0.3 is 29.4 Å². The number of nitrogens with one attached hydrogen (secondary N) is 1. The number of benzene rings is 5. The number of fused-ring (bicyclic) bond motifs is 2. The SMILES string of the molecule is COc1c(CO)cc2c3c1Oc1ccc4c(c1)C(Cc1ccc(cc1)Oc1cc(ccc1OCCCNC(=O)c1cccc([N+](=O)[O-])c1)CC3N(C)CC2)N(C)CC4. The summed E-state index contributed by atoms with van der Waals surface area (Å²) in [6, 6.07) is 28.5. The summed E-state index contributed by atoms with van der Waals surface area (Å²) in [7, 11) is 5.93. The Balaban J connectivity index is 1.12. The van der Waals surface area contributed by atoms with Crippen molar-refractivity contribution < 1.29 is 33.8 Å². The van der Waals surface area contributed by atoms with Crippen LogP contribution in [0.2, 0.25) is 0 Å². The third-order valence-electron chi connectivity index (χ3n) is 11.6.